The summed E-state index contributed by atoms with van der Waals surface area (Å²) in [5, 5.41) is 13.4. The molecule has 3 heterocycles. The predicted octanol–water partition coefficient (Wildman–Crippen LogP) is 2.50. The lowest BCUT2D eigenvalue weighted by Crippen LogP contribution is -2.47. The third-order valence-electron chi connectivity index (χ3n) is 6.84. The normalized spacial score (nSPS) is 25.6. The molecule has 31 heavy (non-hydrogen) atoms. The van der Waals surface area contributed by atoms with Gasteiger partial charge in [0.15, 0.2) is 0 Å². The number of nitrogens with one attached hydrogen (secondary N) is 1. The van der Waals surface area contributed by atoms with E-state index >= 15 is 0 Å². The Morgan fingerprint density at radius 3 is 2.74 bits per heavy atom. The van der Waals surface area contributed by atoms with Crippen LogP contribution >= 0.6 is 0 Å². The molecular weight excluding hydrogens is 397 g/mol. The molecule has 0 unspecified atom stereocenters. The quantitative estimate of drug-likeness (QED) is 0.788. The van der Waals surface area contributed by atoms with E-state index < -0.39 is 0 Å². The Bertz CT molecular complexity index is 963. The van der Waals surface area contributed by atoms with Crippen LogP contribution in [0.2, 0.25) is 0 Å². The first-order valence-corrected chi connectivity index (χ1v) is 11.0. The number of anilines is 1. The first-order valence-electron chi connectivity index (χ1n) is 11.0. The molecule has 2 aromatic carbocycles. The molecule has 2 saturated heterocycles. The lowest BCUT2D eigenvalue weighted by molar-refractivity contribution is -0.134. The van der Waals surface area contributed by atoms with Crippen LogP contribution in [-0.4, -0.2) is 72.9 Å². The highest BCUT2D eigenvalue weighted by atomic mass is 19.1. The highest BCUT2D eigenvalue weighted by molar-refractivity contribution is 5.80. The fourth-order valence-corrected chi connectivity index (χ4v) is 5.25. The number of carbonyl (C=O) groups excluding carboxylic acids is 1. The van der Waals surface area contributed by atoms with Crippen LogP contribution < -0.4 is 5.32 Å². The van der Waals surface area contributed by atoms with Gasteiger partial charge in [-0.2, -0.15) is 0 Å². The van der Waals surface area contributed by atoms with E-state index in [0.717, 1.165) is 36.3 Å². The second-order valence-corrected chi connectivity index (χ2v) is 8.59. The average molecular weight is 426 g/mol. The maximum atomic E-state index is 14.4. The lowest BCUT2D eigenvalue weighted by atomic mass is 9.82. The molecule has 5 rings (SSSR count). The van der Waals surface area contributed by atoms with Crippen LogP contribution in [0.1, 0.15) is 18.0 Å². The highest BCUT2D eigenvalue weighted by Crippen LogP contribution is 2.47. The van der Waals surface area contributed by atoms with Crippen LogP contribution in [0, 0.1) is 11.7 Å². The number of benzene rings is 2. The van der Waals surface area contributed by atoms with Crippen molar-refractivity contribution in [3.05, 3.63) is 53.8 Å². The number of halogens is 1. The van der Waals surface area contributed by atoms with Gasteiger partial charge in [0.25, 0.3) is 0 Å². The fraction of sp³-hybridized carbons (Fsp3) is 0.458. The van der Waals surface area contributed by atoms with Crippen molar-refractivity contribution in [1.82, 2.24) is 9.80 Å². The summed E-state index contributed by atoms with van der Waals surface area (Å²) in [5.41, 5.74) is 3.26. The summed E-state index contributed by atoms with van der Waals surface area (Å²) in [6, 6.07) is 12.4. The Labute approximate surface area is 181 Å². The molecule has 6 nitrogen and oxygen atoms in total. The number of aliphatic hydroxyl groups is 1. The molecule has 2 N–H and O–H groups in total. The second-order valence-electron chi connectivity index (χ2n) is 8.59. The van der Waals surface area contributed by atoms with Crippen molar-refractivity contribution < 1.29 is 19.0 Å². The molecule has 0 bridgehead atoms. The summed E-state index contributed by atoms with van der Waals surface area (Å²) in [6.45, 7) is 3.91. The lowest BCUT2D eigenvalue weighted by Gasteiger charge is -2.40. The number of amides is 1. The van der Waals surface area contributed by atoms with Gasteiger partial charge in [-0.15, -0.1) is 0 Å². The number of nitrogens with zero attached hydrogens (tertiary/aromatic N) is 2. The topological polar surface area (TPSA) is 65.0 Å². The van der Waals surface area contributed by atoms with E-state index in [2.05, 4.69) is 10.2 Å². The number of hydrogen-bond acceptors (Lipinski definition) is 5. The maximum Gasteiger partial charge on any atom is 0.237 e. The van der Waals surface area contributed by atoms with Crippen molar-refractivity contribution >= 4 is 11.6 Å². The Balaban J connectivity index is 1.48. The van der Waals surface area contributed by atoms with Crippen molar-refractivity contribution in [2.75, 3.05) is 51.3 Å². The van der Waals surface area contributed by atoms with Crippen LogP contribution in [0.3, 0.4) is 0 Å². The van der Waals surface area contributed by atoms with Gasteiger partial charge in [0.2, 0.25) is 5.91 Å². The zero-order valence-electron chi connectivity index (χ0n) is 17.5. The molecule has 164 valence electrons. The average Bonchev–Trinajstić information content (AvgIpc) is 3.25. The Morgan fingerprint density at radius 2 is 1.97 bits per heavy atom. The van der Waals surface area contributed by atoms with Gasteiger partial charge in [0.1, 0.15) is 5.82 Å². The van der Waals surface area contributed by atoms with Gasteiger partial charge in [-0.25, -0.2) is 4.39 Å². The predicted molar refractivity (Wildman–Crippen MR) is 116 cm³/mol. The third kappa shape index (κ3) is 3.82. The number of hydrogen-bond donors (Lipinski definition) is 2. The number of carbonyl (C=O) groups is 1. The first-order chi connectivity index (χ1) is 15.2. The van der Waals surface area contributed by atoms with Crippen LogP contribution in [0.5, 0.6) is 0 Å². The van der Waals surface area contributed by atoms with E-state index in [1.165, 1.54) is 6.07 Å². The van der Waals surface area contributed by atoms with E-state index in [1.54, 1.807) is 12.1 Å². The van der Waals surface area contributed by atoms with Crippen LogP contribution in [-0.2, 0) is 9.53 Å². The number of likely N-dealkylation sites (tertiary alicyclic amines) is 1. The number of aliphatic hydroxyl groups excluding tert-OH is 1. The Hall–Kier alpha value is -2.48. The van der Waals surface area contributed by atoms with E-state index in [1.807, 2.05) is 29.2 Å². The minimum atomic E-state index is -0.261. The molecule has 0 radical (unpaired) electrons. The number of ether oxygens (including phenoxy) is 1. The smallest absolute Gasteiger partial charge is 0.237 e. The van der Waals surface area contributed by atoms with Crippen LogP contribution in [0.4, 0.5) is 10.1 Å². The standard InChI is InChI=1S/C24H28FN3O3/c25-20-4-2-1-3-17(20)16-5-6-21-19(13-16)24-18(22(15-29)26-21)7-8-28(24)23(30)14-27-9-11-31-12-10-27/h1-6,13,18,22,24,26,29H,7-12,14-15H2/t18-,22+,24-/m1/s1. The highest BCUT2D eigenvalue weighted by Gasteiger charge is 2.45. The van der Waals surface area contributed by atoms with E-state index in [9.17, 15) is 14.3 Å². The maximum absolute atomic E-state index is 14.4. The van der Waals surface area contributed by atoms with Gasteiger partial charge in [0.05, 0.1) is 38.4 Å². The van der Waals surface area contributed by atoms with Crippen molar-refractivity contribution in [3.63, 3.8) is 0 Å². The summed E-state index contributed by atoms with van der Waals surface area (Å²) >= 11 is 0. The van der Waals surface area contributed by atoms with Gasteiger partial charge in [-0.1, -0.05) is 24.3 Å². The molecule has 3 atom stereocenters. The third-order valence-corrected chi connectivity index (χ3v) is 6.84. The number of fused-ring (bicyclic) bond motifs is 3. The monoisotopic (exact) mass is 425 g/mol. The van der Waals surface area contributed by atoms with Gasteiger partial charge in [-0.05, 0) is 35.7 Å². The van der Waals surface area contributed by atoms with Gasteiger partial charge in [0, 0.05) is 36.8 Å². The number of rotatable bonds is 4. The van der Waals surface area contributed by atoms with E-state index in [0.29, 0.717) is 31.9 Å². The summed E-state index contributed by atoms with van der Waals surface area (Å²) in [5.74, 6) is -0.0279. The SMILES string of the molecule is O=C(CN1CCOCC1)N1CC[C@@H]2[C@H](CO)Nc3ccc(-c4ccccc4F)cc3[C@@H]21. The molecular formula is C24H28FN3O3. The largest absolute Gasteiger partial charge is 0.394 e. The van der Waals surface area contributed by atoms with E-state index in [-0.39, 0.29) is 36.3 Å². The Morgan fingerprint density at radius 1 is 1.16 bits per heavy atom. The first kappa shape index (κ1) is 20.4. The van der Waals surface area contributed by atoms with Gasteiger partial charge < -0.3 is 20.1 Å². The molecule has 3 aliphatic rings. The molecule has 0 spiro atoms. The zero-order chi connectivity index (χ0) is 21.4. The van der Waals surface area contributed by atoms with Crippen molar-refractivity contribution in [2.24, 2.45) is 5.92 Å². The summed E-state index contributed by atoms with van der Waals surface area (Å²) < 4.78 is 19.8. The second kappa shape index (κ2) is 8.57. The van der Waals surface area contributed by atoms with Crippen molar-refractivity contribution in [1.29, 1.82) is 0 Å². The number of morpholine rings is 1. The summed E-state index contributed by atoms with van der Waals surface area (Å²) in [7, 11) is 0. The Kier molecular flexibility index (Phi) is 5.65. The van der Waals surface area contributed by atoms with Gasteiger partial charge >= 0.3 is 0 Å². The van der Waals surface area contributed by atoms with Crippen molar-refractivity contribution in [3.8, 4) is 11.1 Å². The summed E-state index contributed by atoms with van der Waals surface area (Å²) in [4.78, 5) is 17.4. The van der Waals surface area contributed by atoms with Gasteiger partial charge in [-0.3, -0.25) is 9.69 Å². The minimum absolute atomic E-state index is 0.0150. The van der Waals surface area contributed by atoms with Crippen molar-refractivity contribution in [2.45, 2.75) is 18.5 Å². The molecule has 0 saturated carbocycles. The van der Waals surface area contributed by atoms with E-state index in [4.69, 9.17) is 4.74 Å². The molecule has 2 aromatic rings. The molecule has 1 amide bonds. The van der Waals surface area contributed by atoms with Crippen LogP contribution in [0.25, 0.3) is 11.1 Å². The minimum Gasteiger partial charge on any atom is -0.394 e. The fourth-order valence-electron chi connectivity index (χ4n) is 5.25. The molecule has 0 aromatic heterocycles. The molecule has 2 fully saturated rings. The molecule has 7 heteroatoms. The molecule has 3 aliphatic heterocycles. The molecule has 0 aliphatic carbocycles. The van der Waals surface area contributed by atoms with Crippen LogP contribution in [0.15, 0.2) is 42.5 Å². The summed E-state index contributed by atoms with van der Waals surface area (Å²) in [6.07, 6.45) is 0.834. The zero-order valence-corrected chi connectivity index (χ0v) is 17.5.